The molecule has 1 amide bonds. The maximum absolute atomic E-state index is 13.8. The Kier molecular flexibility index (Phi) is 6.70. The van der Waals surface area contributed by atoms with Crippen LogP contribution in [0.15, 0.2) is 28.2 Å². The van der Waals surface area contributed by atoms with Crippen molar-refractivity contribution in [2.75, 3.05) is 27.2 Å². The van der Waals surface area contributed by atoms with E-state index in [-0.39, 0.29) is 33.9 Å². The number of halogens is 4. The molecule has 9 heteroatoms. The zero-order valence-corrected chi connectivity index (χ0v) is 21.2. The van der Waals surface area contributed by atoms with Crippen molar-refractivity contribution < 1.29 is 27.2 Å². The van der Waals surface area contributed by atoms with E-state index in [2.05, 4.69) is 4.90 Å². The number of likely N-dealkylation sites (N-methyl/N-ethyl adjacent to an activating group) is 1. The Labute approximate surface area is 213 Å². The number of ketones is 1. The first kappa shape index (κ1) is 25.3. The molecule has 3 fully saturated rings. The number of carbonyl (C=O) groups excluding carboxylic acids is 2. The Bertz CT molecular complexity index is 1220. The Morgan fingerprint density at radius 3 is 2.47 bits per heavy atom. The summed E-state index contributed by atoms with van der Waals surface area (Å²) in [5, 5.41) is 0.0574. The fourth-order valence-electron chi connectivity index (χ4n) is 5.28. The smallest absolute Gasteiger partial charge is 0.420 e. The Morgan fingerprint density at radius 1 is 1.11 bits per heavy atom. The van der Waals surface area contributed by atoms with Gasteiger partial charge in [-0.2, -0.15) is 13.2 Å². The summed E-state index contributed by atoms with van der Waals surface area (Å²) in [6.45, 7) is 1.49. The van der Waals surface area contributed by atoms with Crippen LogP contribution in [0.2, 0.25) is 5.02 Å². The molecule has 5 nitrogen and oxygen atoms in total. The second kappa shape index (κ2) is 9.53. The summed E-state index contributed by atoms with van der Waals surface area (Å²) in [7, 11) is 4.02. The lowest BCUT2D eigenvalue weighted by Crippen LogP contribution is -2.60. The van der Waals surface area contributed by atoms with Crippen LogP contribution in [0.3, 0.4) is 0 Å². The molecule has 1 aromatic carbocycles. The van der Waals surface area contributed by atoms with Gasteiger partial charge in [0.15, 0.2) is 5.76 Å². The number of benzene rings is 1. The van der Waals surface area contributed by atoms with Crippen LogP contribution in [0.5, 0.6) is 0 Å². The first-order valence-electron chi connectivity index (χ1n) is 12.5. The molecule has 3 aliphatic rings. The highest BCUT2D eigenvalue weighted by Crippen LogP contribution is 2.47. The van der Waals surface area contributed by atoms with E-state index in [1.807, 2.05) is 19.0 Å². The second-order valence-corrected chi connectivity index (χ2v) is 11.0. The first-order chi connectivity index (χ1) is 17.0. The van der Waals surface area contributed by atoms with Crippen LogP contribution in [-0.4, -0.2) is 54.7 Å². The highest BCUT2D eigenvalue weighted by molar-refractivity contribution is 6.39. The van der Waals surface area contributed by atoms with Gasteiger partial charge in [-0.1, -0.05) is 17.2 Å². The minimum absolute atomic E-state index is 0.0703. The number of hydrogen-bond donors (Lipinski definition) is 0. The predicted octanol–water partition coefficient (Wildman–Crippen LogP) is 6.44. The van der Waals surface area contributed by atoms with E-state index in [9.17, 15) is 22.8 Å². The van der Waals surface area contributed by atoms with Crippen LogP contribution < -0.4 is 0 Å². The average molecular weight is 523 g/mol. The van der Waals surface area contributed by atoms with E-state index in [4.69, 9.17) is 16.0 Å². The van der Waals surface area contributed by atoms with E-state index in [1.54, 1.807) is 6.07 Å². The van der Waals surface area contributed by atoms with Gasteiger partial charge in [0, 0.05) is 30.4 Å². The first-order valence-corrected chi connectivity index (χ1v) is 12.9. The molecule has 1 unspecified atom stereocenters. The minimum atomic E-state index is -4.62. The van der Waals surface area contributed by atoms with E-state index in [0.29, 0.717) is 30.9 Å². The molecule has 1 saturated heterocycles. The van der Waals surface area contributed by atoms with Gasteiger partial charge in [0.05, 0.1) is 10.6 Å². The summed E-state index contributed by atoms with van der Waals surface area (Å²) < 4.78 is 46.8. The number of amides is 1. The fourth-order valence-corrected chi connectivity index (χ4v) is 5.55. The SMILES string of the molecule is CN(C)C1CN(C(=O)C2CCC/C(=C/C(=O)c3oc4c(C(F)(F)F)cc(C5CC5)cc4c3Cl)CC2)C1. The summed E-state index contributed by atoms with van der Waals surface area (Å²) in [4.78, 5) is 30.0. The van der Waals surface area contributed by atoms with Crippen molar-refractivity contribution in [3.8, 4) is 0 Å². The summed E-state index contributed by atoms with van der Waals surface area (Å²) in [6.07, 6.45) is 1.94. The van der Waals surface area contributed by atoms with Crippen LogP contribution in [0.25, 0.3) is 11.0 Å². The number of rotatable bonds is 5. The molecule has 2 aromatic rings. The molecular weight excluding hydrogens is 493 g/mol. The third-order valence-corrected chi connectivity index (χ3v) is 8.16. The van der Waals surface area contributed by atoms with E-state index < -0.39 is 23.1 Å². The molecule has 5 rings (SSSR count). The number of hydrogen-bond acceptors (Lipinski definition) is 4. The van der Waals surface area contributed by atoms with Crippen LogP contribution in [0.1, 0.15) is 72.5 Å². The fraction of sp³-hybridized carbons (Fsp3) is 0.556. The zero-order chi connectivity index (χ0) is 25.8. The highest BCUT2D eigenvalue weighted by Gasteiger charge is 2.38. The molecule has 1 atom stereocenters. The van der Waals surface area contributed by atoms with Crippen molar-refractivity contribution in [3.05, 3.63) is 45.7 Å². The van der Waals surface area contributed by atoms with E-state index in [0.717, 1.165) is 50.4 Å². The van der Waals surface area contributed by atoms with Crippen molar-refractivity contribution in [1.29, 1.82) is 0 Å². The van der Waals surface area contributed by atoms with Crippen molar-refractivity contribution in [3.63, 3.8) is 0 Å². The van der Waals surface area contributed by atoms with Crippen LogP contribution in [-0.2, 0) is 11.0 Å². The van der Waals surface area contributed by atoms with Crippen molar-refractivity contribution >= 4 is 34.3 Å². The molecule has 0 radical (unpaired) electrons. The van der Waals surface area contributed by atoms with Gasteiger partial charge in [0.25, 0.3) is 0 Å². The molecule has 1 aromatic heterocycles. The topological polar surface area (TPSA) is 53.8 Å². The average Bonchev–Trinajstić information content (AvgIpc) is 3.59. The third kappa shape index (κ3) is 4.94. The van der Waals surface area contributed by atoms with Gasteiger partial charge in [-0.25, -0.2) is 0 Å². The molecule has 0 spiro atoms. The Balaban J connectivity index is 1.33. The van der Waals surface area contributed by atoms with Gasteiger partial charge in [-0.15, -0.1) is 0 Å². The standard InChI is InChI=1S/C27H30ClF3N2O3/c1-32(2)19-13-33(14-19)26(35)17-5-3-4-15(6-7-17)10-22(34)25-23(28)20-11-18(16-8-9-16)12-21(24(20)36-25)27(29,30)31/h10-12,16-17,19H,3-9,13-14H2,1-2H3/b15-10-. The summed E-state index contributed by atoms with van der Waals surface area (Å²) >= 11 is 6.41. The second-order valence-electron chi connectivity index (χ2n) is 10.6. The molecular formula is C27H30ClF3N2O3. The van der Waals surface area contributed by atoms with E-state index >= 15 is 0 Å². The van der Waals surface area contributed by atoms with Crippen LogP contribution >= 0.6 is 11.6 Å². The molecule has 0 N–H and O–H groups in total. The largest absolute Gasteiger partial charge is 0.450 e. The summed E-state index contributed by atoms with van der Waals surface area (Å²) in [6, 6.07) is 3.14. The number of fused-ring (bicyclic) bond motifs is 1. The number of likely N-dealkylation sites (tertiary alicyclic amines) is 1. The Hall–Kier alpha value is -2.32. The monoisotopic (exact) mass is 522 g/mol. The van der Waals surface area contributed by atoms with Gasteiger partial charge >= 0.3 is 6.18 Å². The lowest BCUT2D eigenvalue weighted by atomic mass is 9.95. The zero-order valence-electron chi connectivity index (χ0n) is 20.5. The van der Waals surface area contributed by atoms with Crippen LogP contribution in [0, 0.1) is 5.92 Å². The van der Waals surface area contributed by atoms with Crippen LogP contribution in [0.4, 0.5) is 13.2 Å². The quantitative estimate of drug-likeness (QED) is 0.257. The molecule has 1 aliphatic heterocycles. The lowest BCUT2D eigenvalue weighted by molar-refractivity contribution is -0.142. The minimum Gasteiger partial charge on any atom is -0.450 e. The number of alkyl halides is 3. The van der Waals surface area contributed by atoms with Crippen molar-refractivity contribution in [2.24, 2.45) is 5.92 Å². The lowest BCUT2D eigenvalue weighted by Gasteiger charge is -2.44. The molecule has 2 saturated carbocycles. The molecule has 36 heavy (non-hydrogen) atoms. The van der Waals surface area contributed by atoms with Crippen molar-refractivity contribution in [1.82, 2.24) is 9.80 Å². The maximum Gasteiger partial charge on any atom is 0.420 e. The van der Waals surface area contributed by atoms with Crippen molar-refractivity contribution in [2.45, 2.75) is 63.1 Å². The molecule has 194 valence electrons. The van der Waals surface area contributed by atoms with Gasteiger partial charge in [-0.3, -0.25) is 9.59 Å². The normalized spacial score (nSPS) is 22.8. The maximum atomic E-state index is 13.8. The number of furan rings is 1. The molecule has 2 aliphatic carbocycles. The van der Waals surface area contributed by atoms with Gasteiger partial charge < -0.3 is 14.2 Å². The summed E-state index contributed by atoms with van der Waals surface area (Å²) in [5.41, 5.74) is 0.161. The highest BCUT2D eigenvalue weighted by atomic mass is 35.5. The number of allylic oxidation sites excluding steroid dienone is 2. The summed E-state index contributed by atoms with van der Waals surface area (Å²) in [5.74, 6) is -0.598. The Morgan fingerprint density at radius 2 is 1.83 bits per heavy atom. The number of nitrogens with zero attached hydrogens (tertiary/aromatic N) is 2. The van der Waals surface area contributed by atoms with E-state index in [1.165, 1.54) is 6.08 Å². The number of carbonyl (C=O) groups is 2. The van der Waals surface area contributed by atoms with Gasteiger partial charge in [0.2, 0.25) is 11.7 Å². The third-order valence-electron chi connectivity index (χ3n) is 7.78. The predicted molar refractivity (Wildman–Crippen MR) is 131 cm³/mol. The van der Waals surface area contributed by atoms with Gasteiger partial charge in [-0.05, 0) is 88.7 Å². The molecule has 2 heterocycles. The molecule has 0 bridgehead atoms. The van der Waals surface area contributed by atoms with Gasteiger partial charge in [0.1, 0.15) is 5.58 Å².